The number of allylic oxidation sites excluding steroid dienone is 1. The largest absolute Gasteiger partial charge is 0.324 e. The van der Waals surface area contributed by atoms with E-state index in [4.69, 9.17) is 11.6 Å². The fraction of sp³-hybridized carbons (Fsp3) is 0.190. The monoisotopic (exact) mass is 412 g/mol. The highest BCUT2D eigenvalue weighted by atomic mass is 35.5. The van der Waals surface area contributed by atoms with E-state index in [-0.39, 0.29) is 11.7 Å². The van der Waals surface area contributed by atoms with Crippen LogP contribution in [-0.4, -0.2) is 26.4 Å². The summed E-state index contributed by atoms with van der Waals surface area (Å²) in [6.07, 6.45) is 1.79. The van der Waals surface area contributed by atoms with Crippen LogP contribution in [0.1, 0.15) is 11.1 Å². The van der Waals surface area contributed by atoms with Gasteiger partial charge in [0.05, 0.1) is 16.5 Å². The topological polar surface area (TPSA) is 59.8 Å². The van der Waals surface area contributed by atoms with Crippen LogP contribution in [0.25, 0.3) is 11.4 Å². The number of benzene rings is 2. The standard InChI is InChI=1S/C21H21ClN4OS/c1-4-10-26-20(16-8-6-5-7-9-16)24-25-21(26)28-13-18(27)23-19-15(3)11-14(2)12-17(19)22/h4-9,11-12H,1,10,13H2,2-3H3,(H,23,27). The number of amides is 1. The number of nitrogens with zero attached hydrogens (tertiary/aromatic N) is 3. The second kappa shape index (κ2) is 9.08. The molecule has 0 bridgehead atoms. The second-order valence-electron chi connectivity index (χ2n) is 6.35. The molecule has 2 aromatic carbocycles. The smallest absolute Gasteiger partial charge is 0.234 e. The average Bonchev–Trinajstić information content (AvgIpc) is 3.07. The molecule has 0 saturated heterocycles. The molecule has 0 saturated carbocycles. The normalized spacial score (nSPS) is 10.7. The van der Waals surface area contributed by atoms with Gasteiger partial charge >= 0.3 is 0 Å². The molecule has 0 fully saturated rings. The first-order chi connectivity index (χ1) is 13.5. The fourth-order valence-electron chi connectivity index (χ4n) is 2.87. The van der Waals surface area contributed by atoms with Crippen LogP contribution in [0.3, 0.4) is 0 Å². The van der Waals surface area contributed by atoms with Gasteiger partial charge in [-0.05, 0) is 31.0 Å². The first-order valence-corrected chi connectivity index (χ1v) is 10.1. The number of anilines is 1. The van der Waals surface area contributed by atoms with Crippen molar-refractivity contribution in [3.63, 3.8) is 0 Å². The Bertz CT molecular complexity index is 978. The molecule has 0 aliphatic heterocycles. The molecule has 0 radical (unpaired) electrons. The van der Waals surface area contributed by atoms with Gasteiger partial charge in [-0.15, -0.1) is 16.8 Å². The van der Waals surface area contributed by atoms with Crippen molar-refractivity contribution in [3.8, 4) is 11.4 Å². The van der Waals surface area contributed by atoms with Gasteiger partial charge in [0.1, 0.15) is 0 Å². The van der Waals surface area contributed by atoms with E-state index in [0.29, 0.717) is 22.4 Å². The van der Waals surface area contributed by atoms with E-state index < -0.39 is 0 Å². The van der Waals surface area contributed by atoms with Crippen LogP contribution in [0, 0.1) is 13.8 Å². The molecule has 1 amide bonds. The van der Waals surface area contributed by atoms with Gasteiger partial charge in [0, 0.05) is 12.1 Å². The summed E-state index contributed by atoms with van der Waals surface area (Å²) in [5.41, 5.74) is 3.61. The number of thioether (sulfide) groups is 1. The van der Waals surface area contributed by atoms with E-state index >= 15 is 0 Å². The molecule has 1 N–H and O–H groups in total. The average molecular weight is 413 g/mol. The zero-order chi connectivity index (χ0) is 20.1. The number of aryl methyl sites for hydroxylation is 2. The van der Waals surface area contributed by atoms with E-state index in [1.165, 1.54) is 11.8 Å². The third-order valence-electron chi connectivity index (χ3n) is 4.09. The van der Waals surface area contributed by atoms with Gasteiger partial charge in [-0.2, -0.15) is 0 Å². The molecule has 0 atom stereocenters. The van der Waals surface area contributed by atoms with Gasteiger partial charge < -0.3 is 5.32 Å². The number of carbonyl (C=O) groups is 1. The van der Waals surface area contributed by atoms with Crippen molar-refractivity contribution in [3.05, 3.63) is 71.3 Å². The number of nitrogens with one attached hydrogen (secondary N) is 1. The van der Waals surface area contributed by atoms with Crippen LogP contribution in [0.2, 0.25) is 5.02 Å². The highest BCUT2D eigenvalue weighted by Crippen LogP contribution is 2.28. The summed E-state index contributed by atoms with van der Waals surface area (Å²) in [4.78, 5) is 12.5. The zero-order valence-corrected chi connectivity index (χ0v) is 17.3. The lowest BCUT2D eigenvalue weighted by atomic mass is 10.1. The second-order valence-corrected chi connectivity index (χ2v) is 7.70. The number of hydrogen-bond acceptors (Lipinski definition) is 4. The lowest BCUT2D eigenvalue weighted by Crippen LogP contribution is -2.16. The summed E-state index contributed by atoms with van der Waals surface area (Å²) >= 11 is 7.61. The minimum absolute atomic E-state index is 0.145. The highest BCUT2D eigenvalue weighted by Gasteiger charge is 2.16. The maximum absolute atomic E-state index is 12.5. The highest BCUT2D eigenvalue weighted by molar-refractivity contribution is 7.99. The SMILES string of the molecule is C=CCn1c(SCC(=O)Nc2c(C)cc(C)cc2Cl)nnc1-c1ccccc1. The van der Waals surface area contributed by atoms with Crippen LogP contribution >= 0.6 is 23.4 Å². The molecule has 1 aromatic heterocycles. The molecule has 5 nitrogen and oxygen atoms in total. The fourth-order valence-corrected chi connectivity index (χ4v) is 3.99. The van der Waals surface area contributed by atoms with Crippen LogP contribution in [0.15, 0.2) is 60.3 Å². The van der Waals surface area contributed by atoms with Gasteiger partial charge in [-0.3, -0.25) is 9.36 Å². The third-order valence-corrected chi connectivity index (χ3v) is 5.35. The third kappa shape index (κ3) is 4.64. The lowest BCUT2D eigenvalue weighted by Gasteiger charge is -2.12. The van der Waals surface area contributed by atoms with Crippen LogP contribution in [-0.2, 0) is 11.3 Å². The molecule has 0 aliphatic rings. The predicted molar refractivity (Wildman–Crippen MR) is 116 cm³/mol. The van der Waals surface area contributed by atoms with E-state index in [0.717, 1.165) is 22.5 Å². The van der Waals surface area contributed by atoms with Crippen LogP contribution < -0.4 is 5.32 Å². The van der Waals surface area contributed by atoms with E-state index in [1.54, 1.807) is 6.08 Å². The minimum Gasteiger partial charge on any atom is -0.324 e. The van der Waals surface area contributed by atoms with Gasteiger partial charge in [0.15, 0.2) is 11.0 Å². The van der Waals surface area contributed by atoms with Crippen LogP contribution in [0.4, 0.5) is 5.69 Å². The Hall–Kier alpha value is -2.57. The van der Waals surface area contributed by atoms with Gasteiger partial charge in [0.2, 0.25) is 5.91 Å². The van der Waals surface area contributed by atoms with Crippen molar-refractivity contribution in [1.82, 2.24) is 14.8 Å². The Morgan fingerprint density at radius 1 is 1.25 bits per heavy atom. The maximum Gasteiger partial charge on any atom is 0.234 e. The molecule has 28 heavy (non-hydrogen) atoms. The molecule has 1 heterocycles. The number of rotatable bonds is 7. The molecule has 0 spiro atoms. The van der Waals surface area contributed by atoms with E-state index in [2.05, 4.69) is 22.1 Å². The van der Waals surface area contributed by atoms with Crippen molar-refractivity contribution in [2.45, 2.75) is 25.5 Å². The molecule has 3 aromatic rings. The summed E-state index contributed by atoms with van der Waals surface area (Å²) < 4.78 is 1.95. The first kappa shape index (κ1) is 20.2. The van der Waals surface area contributed by atoms with Gasteiger partial charge in [0.25, 0.3) is 0 Å². The molecule has 7 heteroatoms. The summed E-state index contributed by atoms with van der Waals surface area (Å²) in [6.45, 7) is 8.26. The number of halogens is 1. The summed E-state index contributed by atoms with van der Waals surface area (Å²) in [5, 5.41) is 12.7. The molecular weight excluding hydrogens is 392 g/mol. The Morgan fingerprint density at radius 3 is 2.68 bits per heavy atom. The number of carbonyl (C=O) groups excluding carboxylic acids is 1. The Balaban J connectivity index is 1.73. The Labute approximate surface area is 173 Å². The van der Waals surface area contributed by atoms with Crippen molar-refractivity contribution < 1.29 is 4.79 Å². The molecule has 3 rings (SSSR count). The van der Waals surface area contributed by atoms with Gasteiger partial charge in [-0.25, -0.2) is 0 Å². The van der Waals surface area contributed by atoms with Crippen LogP contribution in [0.5, 0.6) is 0 Å². The van der Waals surface area contributed by atoms with Crippen molar-refractivity contribution in [1.29, 1.82) is 0 Å². The predicted octanol–water partition coefficient (Wildman–Crippen LogP) is 5.13. The molecule has 0 aliphatic carbocycles. The summed E-state index contributed by atoms with van der Waals surface area (Å²) in [5.74, 6) is 0.808. The molecule has 0 unspecified atom stereocenters. The Kier molecular flexibility index (Phi) is 6.54. The van der Waals surface area contributed by atoms with E-state index in [1.807, 2.05) is 60.9 Å². The molecular formula is C21H21ClN4OS. The zero-order valence-electron chi connectivity index (χ0n) is 15.8. The van der Waals surface area contributed by atoms with Crippen molar-refractivity contribution in [2.75, 3.05) is 11.1 Å². The Morgan fingerprint density at radius 2 is 2.00 bits per heavy atom. The number of aromatic nitrogens is 3. The molecule has 144 valence electrons. The summed E-state index contributed by atoms with van der Waals surface area (Å²) in [6, 6.07) is 13.6. The van der Waals surface area contributed by atoms with E-state index in [9.17, 15) is 4.79 Å². The maximum atomic E-state index is 12.5. The van der Waals surface area contributed by atoms with Gasteiger partial charge in [-0.1, -0.05) is 65.8 Å². The minimum atomic E-state index is -0.145. The quantitative estimate of drug-likeness (QED) is 0.431. The van der Waals surface area contributed by atoms with Crippen molar-refractivity contribution >= 4 is 35.0 Å². The van der Waals surface area contributed by atoms with Crippen molar-refractivity contribution in [2.24, 2.45) is 0 Å². The lowest BCUT2D eigenvalue weighted by molar-refractivity contribution is -0.113. The summed E-state index contributed by atoms with van der Waals surface area (Å²) in [7, 11) is 0. The number of hydrogen-bond donors (Lipinski definition) is 1. The first-order valence-electron chi connectivity index (χ1n) is 8.78.